The molecule has 1 aliphatic heterocycles. The fourth-order valence-corrected chi connectivity index (χ4v) is 3.57. The monoisotopic (exact) mass is 355 g/mol. The number of nitrogens with zero attached hydrogens (tertiary/aromatic N) is 4. The number of benzene rings is 2. The number of hydrogen-bond donors (Lipinski definition) is 1. The van der Waals surface area contributed by atoms with E-state index in [4.69, 9.17) is 4.74 Å². The first-order valence-corrected chi connectivity index (χ1v) is 8.31. The zero-order valence-electron chi connectivity index (χ0n) is 13.1. The Morgan fingerprint density at radius 3 is 2.76 bits per heavy atom. The van der Waals surface area contributed by atoms with Gasteiger partial charge in [0.25, 0.3) is 5.69 Å². The van der Waals surface area contributed by atoms with E-state index in [1.165, 1.54) is 23.9 Å². The van der Waals surface area contributed by atoms with E-state index >= 15 is 0 Å². The average Bonchev–Trinajstić information content (AvgIpc) is 3.22. The molecule has 0 radical (unpaired) electrons. The summed E-state index contributed by atoms with van der Waals surface area (Å²) in [6, 6.07) is 14.1. The van der Waals surface area contributed by atoms with Crippen LogP contribution in [0.2, 0.25) is 0 Å². The predicted octanol–water partition coefficient (Wildman–Crippen LogP) is 3.21. The lowest BCUT2D eigenvalue weighted by Gasteiger charge is -2.12. The second-order valence-corrected chi connectivity index (χ2v) is 6.42. The number of fused-ring (bicyclic) bond motifs is 1. The number of non-ortho nitro benzene ring substituents is 1. The minimum absolute atomic E-state index is 0.0196. The molecule has 1 aromatic heterocycles. The molecule has 4 rings (SSSR count). The van der Waals surface area contributed by atoms with E-state index in [-0.39, 0.29) is 11.1 Å². The summed E-state index contributed by atoms with van der Waals surface area (Å²) in [7, 11) is 1.63. The Labute approximate surface area is 147 Å². The largest absolute Gasteiger partial charge is 0.497 e. The van der Waals surface area contributed by atoms with Gasteiger partial charge in [0.15, 0.2) is 5.82 Å². The summed E-state index contributed by atoms with van der Waals surface area (Å²) in [6.07, 6.45) is 0. The van der Waals surface area contributed by atoms with Gasteiger partial charge in [-0.3, -0.25) is 10.1 Å². The van der Waals surface area contributed by atoms with E-state index in [9.17, 15) is 10.1 Å². The Balaban J connectivity index is 1.63. The SMILES string of the molecule is COc1ccc(C2Nn3c(nnc3-c3cccc([N+](=O)[O-])c3)S2)cc1. The van der Waals surface area contributed by atoms with Gasteiger partial charge < -0.3 is 10.2 Å². The van der Waals surface area contributed by atoms with Crippen LogP contribution in [-0.4, -0.2) is 26.9 Å². The standard InChI is InChI=1S/C16H13N5O3S/c1-24-13-7-5-10(6-8-13)15-19-20-14(17-18-16(20)25-15)11-3-2-4-12(9-11)21(22)23/h2-9,15,19H,1H3. The highest BCUT2D eigenvalue weighted by Gasteiger charge is 2.28. The third kappa shape index (κ3) is 2.78. The van der Waals surface area contributed by atoms with Crippen molar-refractivity contribution in [3.05, 3.63) is 64.2 Å². The van der Waals surface area contributed by atoms with Crippen molar-refractivity contribution < 1.29 is 9.66 Å². The van der Waals surface area contributed by atoms with Gasteiger partial charge in [-0.15, -0.1) is 10.2 Å². The van der Waals surface area contributed by atoms with Crippen molar-refractivity contribution in [2.75, 3.05) is 12.5 Å². The average molecular weight is 355 g/mol. The smallest absolute Gasteiger partial charge is 0.270 e. The van der Waals surface area contributed by atoms with Crippen LogP contribution in [0.5, 0.6) is 5.75 Å². The zero-order valence-corrected chi connectivity index (χ0v) is 13.9. The first kappa shape index (κ1) is 15.5. The minimum Gasteiger partial charge on any atom is -0.497 e. The molecule has 3 aromatic rings. The van der Waals surface area contributed by atoms with Crippen LogP contribution in [0.25, 0.3) is 11.4 Å². The first-order chi connectivity index (χ1) is 12.2. The summed E-state index contributed by atoms with van der Waals surface area (Å²) in [6.45, 7) is 0. The van der Waals surface area contributed by atoms with E-state index in [1.807, 2.05) is 24.3 Å². The third-order valence-corrected chi connectivity index (χ3v) is 4.93. The summed E-state index contributed by atoms with van der Waals surface area (Å²) in [5.41, 5.74) is 5.05. The molecule has 1 atom stereocenters. The predicted molar refractivity (Wildman–Crippen MR) is 93.1 cm³/mol. The molecule has 1 N–H and O–H groups in total. The number of hydrogen-bond acceptors (Lipinski definition) is 7. The molecule has 2 aromatic carbocycles. The number of methoxy groups -OCH3 is 1. The molecule has 25 heavy (non-hydrogen) atoms. The van der Waals surface area contributed by atoms with Gasteiger partial charge in [0.2, 0.25) is 5.16 Å². The van der Waals surface area contributed by atoms with Gasteiger partial charge in [0.05, 0.1) is 12.0 Å². The van der Waals surface area contributed by atoms with Crippen LogP contribution in [0.1, 0.15) is 10.9 Å². The molecular formula is C16H13N5O3S. The molecule has 9 heteroatoms. The zero-order chi connectivity index (χ0) is 17.4. The van der Waals surface area contributed by atoms with Crippen molar-refractivity contribution in [1.29, 1.82) is 0 Å². The Morgan fingerprint density at radius 2 is 2.04 bits per heavy atom. The summed E-state index contributed by atoms with van der Waals surface area (Å²) >= 11 is 1.53. The number of nitrogens with one attached hydrogen (secondary N) is 1. The van der Waals surface area contributed by atoms with Crippen LogP contribution < -0.4 is 10.2 Å². The summed E-state index contributed by atoms with van der Waals surface area (Å²) in [5, 5.41) is 20.0. The maximum absolute atomic E-state index is 11.0. The highest BCUT2D eigenvalue weighted by atomic mass is 32.2. The maximum Gasteiger partial charge on any atom is 0.270 e. The molecular weight excluding hydrogens is 342 g/mol. The third-order valence-electron chi connectivity index (χ3n) is 3.84. The second-order valence-electron chi connectivity index (χ2n) is 5.35. The van der Waals surface area contributed by atoms with Crippen molar-refractivity contribution in [1.82, 2.24) is 14.9 Å². The van der Waals surface area contributed by atoms with Gasteiger partial charge in [-0.1, -0.05) is 36.0 Å². The maximum atomic E-state index is 11.0. The number of rotatable bonds is 4. The Kier molecular flexibility index (Phi) is 3.77. The van der Waals surface area contributed by atoms with Crippen LogP contribution in [0.3, 0.4) is 0 Å². The van der Waals surface area contributed by atoms with Crippen molar-refractivity contribution in [3.8, 4) is 17.1 Å². The van der Waals surface area contributed by atoms with Gasteiger partial charge in [0, 0.05) is 17.7 Å². The van der Waals surface area contributed by atoms with Crippen molar-refractivity contribution in [2.24, 2.45) is 0 Å². The Morgan fingerprint density at radius 1 is 1.24 bits per heavy atom. The van der Waals surface area contributed by atoms with Crippen LogP contribution in [0, 0.1) is 10.1 Å². The van der Waals surface area contributed by atoms with Crippen LogP contribution in [0.15, 0.2) is 53.7 Å². The molecule has 0 aliphatic carbocycles. The molecule has 0 fully saturated rings. The lowest BCUT2D eigenvalue weighted by molar-refractivity contribution is -0.384. The fraction of sp³-hybridized carbons (Fsp3) is 0.125. The quantitative estimate of drug-likeness (QED) is 0.567. The lowest BCUT2D eigenvalue weighted by Crippen LogP contribution is -2.13. The Bertz CT molecular complexity index is 941. The molecule has 0 spiro atoms. The topological polar surface area (TPSA) is 95.1 Å². The van der Waals surface area contributed by atoms with Crippen LogP contribution >= 0.6 is 11.8 Å². The molecule has 0 bridgehead atoms. The molecule has 2 heterocycles. The second kappa shape index (κ2) is 6.10. The van der Waals surface area contributed by atoms with E-state index in [0.717, 1.165) is 11.3 Å². The van der Waals surface area contributed by atoms with E-state index in [2.05, 4.69) is 15.6 Å². The summed E-state index contributed by atoms with van der Waals surface area (Å²) in [5.74, 6) is 1.34. The molecule has 1 aliphatic rings. The highest BCUT2D eigenvalue weighted by Crippen LogP contribution is 2.40. The number of aromatic nitrogens is 3. The highest BCUT2D eigenvalue weighted by molar-refractivity contribution is 7.99. The number of nitro groups is 1. The minimum atomic E-state index is -0.424. The van der Waals surface area contributed by atoms with Crippen molar-refractivity contribution in [3.63, 3.8) is 0 Å². The van der Waals surface area contributed by atoms with E-state index in [1.54, 1.807) is 23.9 Å². The van der Waals surface area contributed by atoms with Gasteiger partial charge in [-0.25, -0.2) is 4.68 Å². The van der Waals surface area contributed by atoms with Gasteiger partial charge in [-0.05, 0) is 17.7 Å². The number of nitro benzene ring substituents is 1. The normalized spacial score (nSPS) is 15.5. The molecule has 0 saturated carbocycles. The summed E-state index contributed by atoms with van der Waals surface area (Å²) in [4.78, 5) is 10.6. The fourth-order valence-electron chi connectivity index (χ4n) is 2.58. The Hall–Kier alpha value is -3.07. The van der Waals surface area contributed by atoms with Gasteiger partial charge in [-0.2, -0.15) is 0 Å². The van der Waals surface area contributed by atoms with E-state index < -0.39 is 4.92 Å². The van der Waals surface area contributed by atoms with Crippen molar-refractivity contribution >= 4 is 17.4 Å². The molecule has 0 amide bonds. The summed E-state index contributed by atoms with van der Waals surface area (Å²) < 4.78 is 6.94. The molecule has 0 saturated heterocycles. The molecule has 1 unspecified atom stereocenters. The molecule has 8 nitrogen and oxygen atoms in total. The van der Waals surface area contributed by atoms with Crippen molar-refractivity contribution in [2.45, 2.75) is 10.5 Å². The number of thioether (sulfide) groups is 1. The van der Waals surface area contributed by atoms with Gasteiger partial charge >= 0.3 is 0 Å². The van der Waals surface area contributed by atoms with Crippen LogP contribution in [-0.2, 0) is 0 Å². The number of ether oxygens (including phenoxy) is 1. The lowest BCUT2D eigenvalue weighted by atomic mass is 10.2. The van der Waals surface area contributed by atoms with E-state index in [0.29, 0.717) is 16.5 Å². The first-order valence-electron chi connectivity index (χ1n) is 7.43. The van der Waals surface area contributed by atoms with Crippen LogP contribution in [0.4, 0.5) is 5.69 Å². The van der Waals surface area contributed by atoms with Gasteiger partial charge in [0.1, 0.15) is 11.1 Å². The molecule has 126 valence electrons.